The predicted octanol–water partition coefficient (Wildman–Crippen LogP) is 2.21. The molecule has 4 rings (SSSR count). The van der Waals surface area contributed by atoms with E-state index < -0.39 is 0 Å². The highest BCUT2D eigenvalue weighted by molar-refractivity contribution is 5.45. The maximum absolute atomic E-state index is 13.3. The van der Waals surface area contributed by atoms with E-state index in [2.05, 4.69) is 32.4 Å². The first-order valence-electron chi connectivity index (χ1n) is 10.2. The second-order valence-electron chi connectivity index (χ2n) is 7.68. The van der Waals surface area contributed by atoms with Crippen LogP contribution in [0.3, 0.4) is 0 Å². The minimum Gasteiger partial charge on any atom is -0.493 e. The van der Waals surface area contributed by atoms with Gasteiger partial charge >= 0.3 is 0 Å². The normalized spacial score (nSPS) is 16.3. The van der Waals surface area contributed by atoms with Crippen molar-refractivity contribution in [1.82, 2.24) is 30.0 Å². The number of halogens is 1. The number of tetrazole rings is 1. The van der Waals surface area contributed by atoms with E-state index in [0.29, 0.717) is 18.0 Å². The van der Waals surface area contributed by atoms with E-state index in [9.17, 15) is 4.39 Å². The summed E-state index contributed by atoms with van der Waals surface area (Å²) in [5.74, 6) is 1.81. The van der Waals surface area contributed by atoms with Gasteiger partial charge in [0, 0.05) is 26.2 Å². The van der Waals surface area contributed by atoms with Crippen molar-refractivity contribution < 1.29 is 13.9 Å². The second kappa shape index (κ2) is 9.40. The Bertz CT molecular complexity index is 1000. The Hall–Kier alpha value is -3.04. The van der Waals surface area contributed by atoms with Crippen LogP contribution in [0.15, 0.2) is 42.5 Å². The Morgan fingerprint density at radius 1 is 0.968 bits per heavy atom. The fourth-order valence-corrected chi connectivity index (χ4v) is 3.91. The molecule has 0 radical (unpaired) electrons. The quantitative estimate of drug-likeness (QED) is 0.574. The van der Waals surface area contributed by atoms with E-state index in [1.165, 1.54) is 12.1 Å². The van der Waals surface area contributed by atoms with E-state index in [-0.39, 0.29) is 11.9 Å². The van der Waals surface area contributed by atoms with E-state index in [4.69, 9.17) is 9.47 Å². The number of piperazine rings is 1. The number of nitrogens with zero attached hydrogens (tertiary/aromatic N) is 6. The summed E-state index contributed by atoms with van der Waals surface area (Å²) in [7, 11) is 5.38. The molecule has 8 nitrogen and oxygen atoms in total. The van der Waals surface area contributed by atoms with Crippen LogP contribution in [0.4, 0.5) is 4.39 Å². The van der Waals surface area contributed by atoms with Crippen LogP contribution in [0.1, 0.15) is 23.0 Å². The molecule has 164 valence electrons. The van der Waals surface area contributed by atoms with Gasteiger partial charge in [-0.25, -0.2) is 9.07 Å². The third-order valence-electron chi connectivity index (χ3n) is 5.68. The Morgan fingerprint density at radius 3 is 2.35 bits per heavy atom. The van der Waals surface area contributed by atoms with Crippen LogP contribution < -0.4 is 9.47 Å². The van der Waals surface area contributed by atoms with Crippen LogP contribution in [0.5, 0.6) is 11.5 Å². The molecule has 31 heavy (non-hydrogen) atoms. The highest BCUT2D eigenvalue weighted by atomic mass is 19.1. The first kappa shape index (κ1) is 21.2. The van der Waals surface area contributed by atoms with Crippen molar-refractivity contribution in [2.45, 2.75) is 12.6 Å². The molecular formula is C22H27FN6O2. The number of methoxy groups -OCH3 is 2. The number of ether oxygens (including phenoxy) is 2. The van der Waals surface area contributed by atoms with E-state index in [0.717, 1.165) is 43.1 Å². The van der Waals surface area contributed by atoms with Crippen molar-refractivity contribution in [2.24, 2.45) is 0 Å². The first-order chi connectivity index (χ1) is 15.1. The van der Waals surface area contributed by atoms with Gasteiger partial charge in [-0.2, -0.15) is 0 Å². The van der Waals surface area contributed by atoms with Gasteiger partial charge in [0.15, 0.2) is 17.3 Å². The van der Waals surface area contributed by atoms with E-state index >= 15 is 0 Å². The van der Waals surface area contributed by atoms with Gasteiger partial charge in [-0.05, 0) is 52.9 Å². The van der Waals surface area contributed by atoms with Crippen LogP contribution in [-0.4, -0.2) is 77.5 Å². The molecule has 9 heteroatoms. The molecule has 1 aliphatic rings. The van der Waals surface area contributed by atoms with Crippen molar-refractivity contribution in [3.05, 3.63) is 65.2 Å². The number of rotatable bonds is 7. The van der Waals surface area contributed by atoms with Crippen LogP contribution in [-0.2, 0) is 6.54 Å². The summed E-state index contributed by atoms with van der Waals surface area (Å²) in [5, 5.41) is 12.6. The van der Waals surface area contributed by atoms with E-state index in [1.807, 2.05) is 18.2 Å². The third kappa shape index (κ3) is 4.67. The molecule has 0 amide bonds. The second-order valence-corrected chi connectivity index (χ2v) is 7.68. The minimum absolute atomic E-state index is 0.149. The summed E-state index contributed by atoms with van der Waals surface area (Å²) in [4.78, 5) is 4.69. The molecule has 0 aliphatic carbocycles. The molecule has 1 fully saturated rings. The standard InChI is InChI=1S/C22H27FN6O2/c1-27-10-12-28(13-11-27)21(17-6-9-19(30-2)20(14-17)31-3)22-24-25-26-29(22)15-16-4-7-18(23)8-5-16/h4-9,14,21H,10-13,15H2,1-3H3/t21-/m0/s1. The summed E-state index contributed by atoms with van der Waals surface area (Å²) in [6, 6.07) is 12.2. The molecule has 2 aromatic carbocycles. The summed E-state index contributed by atoms with van der Waals surface area (Å²) >= 11 is 0. The van der Waals surface area contributed by atoms with E-state index in [1.54, 1.807) is 31.0 Å². The lowest BCUT2D eigenvalue weighted by Crippen LogP contribution is -2.46. The SMILES string of the molecule is COc1ccc([C@@H](c2nnnn2Cc2ccc(F)cc2)N2CCN(C)CC2)cc1OC. The van der Waals surface area contributed by atoms with Gasteiger partial charge in [0.1, 0.15) is 5.82 Å². The molecule has 3 aromatic rings. The Labute approximate surface area is 181 Å². The molecule has 1 saturated heterocycles. The molecule has 0 saturated carbocycles. The third-order valence-corrected chi connectivity index (χ3v) is 5.68. The average Bonchev–Trinajstić information content (AvgIpc) is 3.24. The van der Waals surface area contributed by atoms with Gasteiger partial charge in [0.25, 0.3) is 0 Å². The fourth-order valence-electron chi connectivity index (χ4n) is 3.91. The zero-order valence-corrected chi connectivity index (χ0v) is 18.0. The lowest BCUT2D eigenvalue weighted by atomic mass is 10.0. The summed E-state index contributed by atoms with van der Waals surface area (Å²) in [6.45, 7) is 4.16. The molecule has 1 aromatic heterocycles. The molecule has 1 atom stereocenters. The Kier molecular flexibility index (Phi) is 6.43. The largest absolute Gasteiger partial charge is 0.493 e. The highest BCUT2D eigenvalue weighted by Crippen LogP contribution is 2.35. The summed E-state index contributed by atoms with van der Waals surface area (Å²) in [5.41, 5.74) is 1.96. The van der Waals surface area contributed by atoms with Crippen molar-refractivity contribution in [1.29, 1.82) is 0 Å². The highest BCUT2D eigenvalue weighted by Gasteiger charge is 2.30. The summed E-state index contributed by atoms with van der Waals surface area (Å²) < 4.78 is 26.1. The molecule has 2 heterocycles. The Balaban J connectivity index is 1.72. The maximum atomic E-state index is 13.3. The monoisotopic (exact) mass is 426 g/mol. The zero-order chi connectivity index (χ0) is 21.8. The lowest BCUT2D eigenvalue weighted by Gasteiger charge is -2.37. The van der Waals surface area contributed by atoms with Crippen LogP contribution in [0, 0.1) is 5.82 Å². The minimum atomic E-state index is -0.263. The predicted molar refractivity (Wildman–Crippen MR) is 114 cm³/mol. The smallest absolute Gasteiger partial charge is 0.173 e. The molecule has 1 aliphatic heterocycles. The number of likely N-dealkylation sites (N-methyl/N-ethyl adjacent to an activating group) is 1. The number of hydrogen-bond acceptors (Lipinski definition) is 7. The summed E-state index contributed by atoms with van der Waals surface area (Å²) in [6.07, 6.45) is 0. The molecule has 0 N–H and O–H groups in total. The molecular weight excluding hydrogens is 399 g/mol. The van der Waals surface area contributed by atoms with Crippen molar-refractivity contribution in [3.63, 3.8) is 0 Å². The van der Waals surface area contributed by atoms with Crippen LogP contribution >= 0.6 is 0 Å². The first-order valence-corrected chi connectivity index (χ1v) is 10.2. The zero-order valence-electron chi connectivity index (χ0n) is 18.0. The van der Waals surface area contributed by atoms with Gasteiger partial charge in [0.2, 0.25) is 0 Å². The van der Waals surface area contributed by atoms with Gasteiger partial charge in [0.05, 0.1) is 26.8 Å². The molecule has 0 bridgehead atoms. The van der Waals surface area contributed by atoms with Gasteiger partial charge < -0.3 is 14.4 Å². The van der Waals surface area contributed by atoms with Gasteiger partial charge in [-0.1, -0.05) is 18.2 Å². The number of benzene rings is 2. The number of aromatic nitrogens is 4. The Morgan fingerprint density at radius 2 is 1.68 bits per heavy atom. The topological polar surface area (TPSA) is 68.5 Å². The van der Waals surface area contributed by atoms with Crippen LogP contribution in [0.2, 0.25) is 0 Å². The molecule has 0 spiro atoms. The van der Waals surface area contributed by atoms with Crippen molar-refractivity contribution in [2.75, 3.05) is 47.4 Å². The van der Waals surface area contributed by atoms with Gasteiger partial charge in [-0.3, -0.25) is 4.90 Å². The number of hydrogen-bond donors (Lipinski definition) is 0. The van der Waals surface area contributed by atoms with Gasteiger partial charge in [-0.15, -0.1) is 5.10 Å². The van der Waals surface area contributed by atoms with Crippen molar-refractivity contribution >= 4 is 0 Å². The molecule has 0 unspecified atom stereocenters. The van der Waals surface area contributed by atoms with Crippen LogP contribution in [0.25, 0.3) is 0 Å². The fraction of sp³-hybridized carbons (Fsp3) is 0.409. The average molecular weight is 426 g/mol. The lowest BCUT2D eigenvalue weighted by molar-refractivity contribution is 0.121. The van der Waals surface area contributed by atoms with Crippen molar-refractivity contribution in [3.8, 4) is 11.5 Å². The maximum Gasteiger partial charge on any atom is 0.173 e.